The predicted octanol–water partition coefficient (Wildman–Crippen LogP) is 7.18. The van der Waals surface area contributed by atoms with Gasteiger partial charge < -0.3 is 10.1 Å². The number of nitrogens with one attached hydrogen (secondary N) is 1. The Balaban J connectivity index is 1.46. The summed E-state index contributed by atoms with van der Waals surface area (Å²) in [5.74, 6) is 3.06. The van der Waals surface area contributed by atoms with Crippen molar-refractivity contribution in [3.05, 3.63) is 116 Å². The molecule has 3 aromatic heterocycles. The lowest BCUT2D eigenvalue weighted by Gasteiger charge is -2.26. The van der Waals surface area contributed by atoms with Gasteiger partial charge in [0.05, 0.1) is 11.4 Å². The van der Waals surface area contributed by atoms with Crippen LogP contribution in [0.2, 0.25) is 0 Å². The van der Waals surface area contributed by atoms with Crippen LogP contribution in [-0.4, -0.2) is 24.9 Å². The third kappa shape index (κ3) is 3.92. The molecule has 0 saturated heterocycles. The van der Waals surface area contributed by atoms with Crippen molar-refractivity contribution in [1.29, 1.82) is 0 Å². The summed E-state index contributed by atoms with van der Waals surface area (Å²) in [7, 11) is 0. The second-order valence-corrected chi connectivity index (χ2v) is 8.74. The van der Waals surface area contributed by atoms with Crippen LogP contribution < -0.4 is 10.1 Å². The molecule has 0 radical (unpaired) electrons. The average Bonchev–Trinajstić information content (AvgIpc) is 3.00. The van der Waals surface area contributed by atoms with Gasteiger partial charge in [-0.05, 0) is 54.1 Å². The molecule has 38 heavy (non-hydrogen) atoms. The minimum Gasteiger partial charge on any atom is -0.452 e. The van der Waals surface area contributed by atoms with E-state index in [0.29, 0.717) is 17.5 Å². The molecule has 180 valence electrons. The van der Waals surface area contributed by atoms with Gasteiger partial charge in [0.15, 0.2) is 29.0 Å². The highest BCUT2D eigenvalue weighted by Crippen LogP contribution is 2.50. The van der Waals surface area contributed by atoms with Gasteiger partial charge in [0.2, 0.25) is 0 Å². The van der Waals surface area contributed by atoms with Crippen LogP contribution in [0.3, 0.4) is 0 Å². The molecular formula is C31H20N6O. The fourth-order valence-corrected chi connectivity index (χ4v) is 4.49. The minimum absolute atomic E-state index is 0.518. The molecule has 7 rings (SSSR count). The Kier molecular flexibility index (Phi) is 5.29. The van der Waals surface area contributed by atoms with E-state index in [1.54, 1.807) is 24.8 Å². The van der Waals surface area contributed by atoms with Crippen LogP contribution in [0.4, 0.5) is 11.4 Å². The molecule has 4 heterocycles. The fourth-order valence-electron chi connectivity index (χ4n) is 4.49. The molecule has 1 aliphatic rings. The van der Waals surface area contributed by atoms with Crippen LogP contribution >= 0.6 is 0 Å². The Morgan fingerprint density at radius 2 is 1.13 bits per heavy atom. The smallest absolute Gasteiger partial charge is 0.166 e. The van der Waals surface area contributed by atoms with E-state index < -0.39 is 0 Å². The van der Waals surface area contributed by atoms with Gasteiger partial charge in [-0.15, -0.1) is 0 Å². The van der Waals surface area contributed by atoms with Crippen molar-refractivity contribution >= 4 is 11.4 Å². The van der Waals surface area contributed by atoms with Crippen molar-refractivity contribution in [3.63, 3.8) is 0 Å². The molecule has 0 amide bonds. The number of aromatic nitrogens is 5. The largest absolute Gasteiger partial charge is 0.452 e. The number of para-hydroxylation sites is 2. The molecule has 0 bridgehead atoms. The van der Waals surface area contributed by atoms with Crippen molar-refractivity contribution in [2.75, 3.05) is 5.32 Å². The number of nitrogens with zero attached hydrogens (tertiary/aromatic N) is 5. The maximum absolute atomic E-state index is 6.50. The number of hydrogen-bond acceptors (Lipinski definition) is 7. The van der Waals surface area contributed by atoms with Gasteiger partial charge in [0.1, 0.15) is 0 Å². The summed E-state index contributed by atoms with van der Waals surface area (Å²) in [5.41, 5.74) is 6.09. The zero-order valence-electron chi connectivity index (χ0n) is 20.1. The number of anilines is 2. The predicted molar refractivity (Wildman–Crippen MR) is 147 cm³/mol. The molecule has 6 aromatic rings. The van der Waals surface area contributed by atoms with Crippen molar-refractivity contribution in [2.24, 2.45) is 0 Å². The second kappa shape index (κ2) is 9.22. The highest BCUT2D eigenvalue weighted by Gasteiger charge is 2.25. The molecule has 0 aliphatic carbocycles. The zero-order chi connectivity index (χ0) is 25.3. The van der Waals surface area contributed by atoms with Gasteiger partial charge in [-0.2, -0.15) is 0 Å². The summed E-state index contributed by atoms with van der Waals surface area (Å²) in [5, 5.41) is 3.59. The quantitative estimate of drug-likeness (QED) is 0.278. The summed E-state index contributed by atoms with van der Waals surface area (Å²) in [6.45, 7) is 0. The van der Waals surface area contributed by atoms with Crippen LogP contribution in [0.5, 0.6) is 11.5 Å². The van der Waals surface area contributed by atoms with Crippen molar-refractivity contribution < 1.29 is 4.74 Å². The van der Waals surface area contributed by atoms with E-state index in [-0.39, 0.29) is 0 Å². The van der Waals surface area contributed by atoms with Crippen LogP contribution in [0.1, 0.15) is 0 Å². The Hall–Kier alpha value is -5.43. The maximum atomic E-state index is 6.50. The molecule has 0 saturated carbocycles. The minimum atomic E-state index is 0.518. The topological polar surface area (TPSA) is 85.7 Å². The van der Waals surface area contributed by atoms with Gasteiger partial charge in [0, 0.05) is 47.0 Å². The van der Waals surface area contributed by atoms with E-state index in [9.17, 15) is 0 Å². The molecule has 7 nitrogen and oxygen atoms in total. The Labute approximate surface area is 218 Å². The monoisotopic (exact) mass is 492 g/mol. The molecule has 0 unspecified atom stereocenters. The lowest BCUT2D eigenvalue weighted by atomic mass is 9.99. The van der Waals surface area contributed by atoms with E-state index >= 15 is 0 Å². The van der Waals surface area contributed by atoms with Gasteiger partial charge in [-0.25, -0.2) is 15.0 Å². The number of ether oxygens (including phenoxy) is 1. The SMILES string of the molecule is c1ccc(-c2ccc(-c3nc(-c4cccnc4)nc(-c4cccnc4)n3)c3c2Oc2ccccc2N3)cc1. The summed E-state index contributed by atoms with van der Waals surface area (Å²) in [4.78, 5) is 23.1. The summed E-state index contributed by atoms with van der Waals surface area (Å²) >= 11 is 0. The summed E-state index contributed by atoms with van der Waals surface area (Å²) in [6, 6.07) is 29.8. The van der Waals surface area contributed by atoms with Crippen LogP contribution in [0.15, 0.2) is 116 Å². The van der Waals surface area contributed by atoms with E-state index in [2.05, 4.69) is 33.5 Å². The standard InChI is InChI=1S/C31H20N6O/c1-2-8-20(9-3-1)23-14-15-24(27-28(23)38-26-13-5-4-12-25(26)34-27)31-36-29(21-10-6-16-32-18-21)35-30(37-31)22-11-7-17-33-19-22/h1-19,34H. The average molecular weight is 493 g/mol. The molecule has 7 heteroatoms. The third-order valence-electron chi connectivity index (χ3n) is 6.32. The van der Waals surface area contributed by atoms with Crippen molar-refractivity contribution in [2.45, 2.75) is 0 Å². The van der Waals surface area contributed by atoms with Gasteiger partial charge in [0.25, 0.3) is 0 Å². The molecular weight excluding hydrogens is 472 g/mol. The van der Waals surface area contributed by atoms with Crippen molar-refractivity contribution in [1.82, 2.24) is 24.9 Å². The highest BCUT2D eigenvalue weighted by atomic mass is 16.5. The maximum Gasteiger partial charge on any atom is 0.166 e. The first kappa shape index (κ1) is 21.8. The zero-order valence-corrected chi connectivity index (χ0v) is 20.1. The molecule has 1 N–H and O–H groups in total. The highest BCUT2D eigenvalue weighted by molar-refractivity contribution is 5.93. The fraction of sp³-hybridized carbons (Fsp3) is 0. The lowest BCUT2D eigenvalue weighted by Crippen LogP contribution is -2.07. The van der Waals surface area contributed by atoms with E-state index in [0.717, 1.165) is 50.7 Å². The first-order valence-corrected chi connectivity index (χ1v) is 12.2. The second-order valence-electron chi connectivity index (χ2n) is 8.74. The molecule has 1 aliphatic heterocycles. The van der Waals surface area contributed by atoms with Gasteiger partial charge in [-0.3, -0.25) is 9.97 Å². The molecule has 0 atom stereocenters. The normalized spacial score (nSPS) is 11.6. The van der Waals surface area contributed by atoms with Crippen molar-refractivity contribution in [3.8, 4) is 56.8 Å². The van der Waals surface area contributed by atoms with Gasteiger partial charge >= 0.3 is 0 Å². The number of fused-ring (bicyclic) bond motifs is 2. The van der Waals surface area contributed by atoms with E-state index in [1.807, 2.05) is 72.8 Å². The Morgan fingerprint density at radius 1 is 0.526 bits per heavy atom. The van der Waals surface area contributed by atoms with E-state index in [4.69, 9.17) is 19.7 Å². The molecule has 0 spiro atoms. The Morgan fingerprint density at radius 3 is 1.82 bits per heavy atom. The van der Waals surface area contributed by atoms with Crippen LogP contribution in [0.25, 0.3) is 45.3 Å². The number of pyridine rings is 2. The number of benzene rings is 3. The first-order chi connectivity index (χ1) is 18.8. The van der Waals surface area contributed by atoms with Crippen LogP contribution in [-0.2, 0) is 0 Å². The lowest BCUT2D eigenvalue weighted by molar-refractivity contribution is 0.483. The third-order valence-corrected chi connectivity index (χ3v) is 6.32. The molecule has 0 fully saturated rings. The number of hydrogen-bond donors (Lipinski definition) is 1. The molecule has 3 aromatic carbocycles. The first-order valence-electron chi connectivity index (χ1n) is 12.2. The van der Waals surface area contributed by atoms with Crippen LogP contribution in [0, 0.1) is 0 Å². The van der Waals surface area contributed by atoms with Gasteiger partial charge in [-0.1, -0.05) is 42.5 Å². The Bertz CT molecular complexity index is 1700. The summed E-state index contributed by atoms with van der Waals surface area (Å²) in [6.07, 6.45) is 6.95. The summed E-state index contributed by atoms with van der Waals surface area (Å²) < 4.78 is 6.50. The number of rotatable bonds is 4. The van der Waals surface area contributed by atoms with E-state index in [1.165, 1.54) is 0 Å².